The van der Waals surface area contributed by atoms with Gasteiger partial charge in [-0.1, -0.05) is 6.42 Å². The fourth-order valence-corrected chi connectivity index (χ4v) is 5.18. The summed E-state index contributed by atoms with van der Waals surface area (Å²) in [6, 6.07) is 1.63. The monoisotopic (exact) mass is 413 g/mol. The first-order chi connectivity index (χ1) is 14.4. The number of hydrogen-bond acceptors (Lipinski definition) is 4. The van der Waals surface area contributed by atoms with Crippen LogP contribution in [0.5, 0.6) is 0 Å². The van der Waals surface area contributed by atoms with Crippen LogP contribution in [0, 0.1) is 5.92 Å². The molecule has 5 rings (SSSR count). The highest BCUT2D eigenvalue weighted by atomic mass is 16.2. The molecule has 4 heterocycles. The van der Waals surface area contributed by atoms with Crippen LogP contribution in [0.3, 0.4) is 0 Å². The Kier molecular flexibility index (Phi) is 4.56. The van der Waals surface area contributed by atoms with Crippen molar-refractivity contribution in [2.75, 3.05) is 13.1 Å². The molecule has 3 aliphatic heterocycles. The van der Waals surface area contributed by atoms with E-state index in [9.17, 15) is 19.2 Å². The molecule has 0 aromatic carbocycles. The molecule has 30 heavy (non-hydrogen) atoms. The number of aromatic nitrogens is 1. The van der Waals surface area contributed by atoms with Crippen molar-refractivity contribution in [1.29, 1.82) is 0 Å². The summed E-state index contributed by atoms with van der Waals surface area (Å²) in [6.45, 7) is 0.733. The summed E-state index contributed by atoms with van der Waals surface area (Å²) in [5.41, 5.74) is 0.516. The SMILES string of the molecule is Cn1cccc1C(=O)N1CC[C@@H]2NC(=O)[C@H]3C[C@H](NC(=O)C4CCC4)CN3C(=O)[C@H]21. The van der Waals surface area contributed by atoms with Crippen molar-refractivity contribution in [3.05, 3.63) is 24.0 Å². The molecule has 4 fully saturated rings. The summed E-state index contributed by atoms with van der Waals surface area (Å²) < 4.78 is 1.74. The summed E-state index contributed by atoms with van der Waals surface area (Å²) in [5.74, 6) is -0.512. The Labute approximate surface area is 174 Å². The first kappa shape index (κ1) is 19.1. The molecule has 9 nitrogen and oxygen atoms in total. The van der Waals surface area contributed by atoms with Gasteiger partial charge in [-0.05, 0) is 37.8 Å². The molecule has 0 radical (unpaired) electrons. The molecule has 1 aromatic rings. The number of amides is 4. The largest absolute Gasteiger partial charge is 0.351 e. The molecule has 9 heteroatoms. The van der Waals surface area contributed by atoms with E-state index in [1.165, 1.54) is 0 Å². The van der Waals surface area contributed by atoms with Gasteiger partial charge in [0.2, 0.25) is 17.7 Å². The second kappa shape index (κ2) is 7.14. The Bertz CT molecular complexity index is 907. The van der Waals surface area contributed by atoms with E-state index in [1.807, 2.05) is 0 Å². The lowest BCUT2D eigenvalue weighted by atomic mass is 9.84. The van der Waals surface area contributed by atoms with Gasteiger partial charge < -0.3 is 25.0 Å². The first-order valence-electron chi connectivity index (χ1n) is 10.8. The normalized spacial score (nSPS) is 31.0. The third-order valence-corrected chi connectivity index (χ3v) is 7.11. The number of fused-ring (bicyclic) bond motifs is 2. The van der Waals surface area contributed by atoms with Crippen LogP contribution in [0.2, 0.25) is 0 Å². The van der Waals surface area contributed by atoms with Gasteiger partial charge in [-0.25, -0.2) is 0 Å². The molecule has 160 valence electrons. The zero-order valence-electron chi connectivity index (χ0n) is 17.0. The third-order valence-electron chi connectivity index (χ3n) is 7.11. The average Bonchev–Trinajstić information content (AvgIpc) is 3.36. The van der Waals surface area contributed by atoms with Gasteiger partial charge in [0, 0.05) is 38.3 Å². The Morgan fingerprint density at radius 3 is 2.67 bits per heavy atom. The van der Waals surface area contributed by atoms with Crippen LogP contribution in [0.15, 0.2) is 18.3 Å². The molecule has 2 N–H and O–H groups in total. The number of aryl methyl sites for hydroxylation is 1. The number of hydrogen-bond donors (Lipinski definition) is 2. The van der Waals surface area contributed by atoms with Gasteiger partial charge in [0.25, 0.3) is 5.91 Å². The minimum atomic E-state index is -0.706. The Hall–Kier alpha value is -2.84. The molecular weight excluding hydrogens is 386 g/mol. The molecule has 4 amide bonds. The number of carbonyl (C=O) groups excluding carboxylic acids is 4. The van der Waals surface area contributed by atoms with Gasteiger partial charge in [-0.2, -0.15) is 0 Å². The zero-order valence-corrected chi connectivity index (χ0v) is 17.0. The van der Waals surface area contributed by atoms with E-state index in [0.29, 0.717) is 31.6 Å². The molecular formula is C21H27N5O4. The summed E-state index contributed by atoms with van der Waals surface area (Å²) in [5, 5.41) is 6.02. The average molecular weight is 413 g/mol. The molecule has 0 spiro atoms. The van der Waals surface area contributed by atoms with Gasteiger partial charge in [0.1, 0.15) is 17.8 Å². The predicted molar refractivity (Wildman–Crippen MR) is 106 cm³/mol. The summed E-state index contributed by atoms with van der Waals surface area (Å²) in [6.07, 6.45) is 5.66. The quantitative estimate of drug-likeness (QED) is 0.705. The fourth-order valence-electron chi connectivity index (χ4n) is 5.18. The number of likely N-dealkylation sites (tertiary alicyclic amines) is 1. The van der Waals surface area contributed by atoms with E-state index in [0.717, 1.165) is 19.3 Å². The molecule has 4 atom stereocenters. The van der Waals surface area contributed by atoms with Crippen molar-refractivity contribution >= 4 is 23.6 Å². The van der Waals surface area contributed by atoms with Gasteiger partial charge >= 0.3 is 0 Å². The van der Waals surface area contributed by atoms with E-state index < -0.39 is 12.1 Å². The van der Waals surface area contributed by atoms with Crippen LogP contribution in [-0.2, 0) is 21.4 Å². The minimum absolute atomic E-state index is 0.0241. The maximum absolute atomic E-state index is 13.5. The second-order valence-corrected chi connectivity index (χ2v) is 8.93. The van der Waals surface area contributed by atoms with Crippen LogP contribution in [0.4, 0.5) is 0 Å². The van der Waals surface area contributed by atoms with Crippen molar-refractivity contribution in [1.82, 2.24) is 25.0 Å². The van der Waals surface area contributed by atoms with Crippen LogP contribution >= 0.6 is 0 Å². The Morgan fingerprint density at radius 2 is 2.00 bits per heavy atom. The summed E-state index contributed by atoms with van der Waals surface area (Å²) in [4.78, 5) is 54.9. The van der Waals surface area contributed by atoms with Crippen molar-refractivity contribution in [2.45, 2.75) is 56.3 Å². The smallest absolute Gasteiger partial charge is 0.271 e. The minimum Gasteiger partial charge on any atom is -0.351 e. The van der Waals surface area contributed by atoms with E-state index in [-0.39, 0.29) is 41.6 Å². The third kappa shape index (κ3) is 2.98. The highest BCUT2D eigenvalue weighted by Crippen LogP contribution is 2.31. The van der Waals surface area contributed by atoms with Crippen molar-refractivity contribution in [3.8, 4) is 0 Å². The summed E-state index contributed by atoms with van der Waals surface area (Å²) in [7, 11) is 1.80. The van der Waals surface area contributed by atoms with Crippen molar-refractivity contribution < 1.29 is 19.2 Å². The van der Waals surface area contributed by atoms with Crippen LogP contribution in [0.25, 0.3) is 0 Å². The molecule has 4 aliphatic rings. The standard InChI is InChI=1S/C21H27N5O4/c1-24-8-3-6-15(24)20(29)25-9-7-14-17(25)21(30)26-11-13(10-16(26)19(28)23-14)22-18(27)12-4-2-5-12/h3,6,8,12-14,16-17H,2,4-5,7,9-11H2,1H3,(H,22,27)(H,23,28)/t13-,14-,16+,17-/m0/s1. The zero-order chi connectivity index (χ0) is 21.0. The van der Waals surface area contributed by atoms with Crippen molar-refractivity contribution in [2.24, 2.45) is 13.0 Å². The maximum atomic E-state index is 13.5. The van der Waals surface area contributed by atoms with Gasteiger partial charge in [0.05, 0.1) is 6.04 Å². The molecule has 1 aliphatic carbocycles. The topological polar surface area (TPSA) is 104 Å². The van der Waals surface area contributed by atoms with Gasteiger partial charge in [-0.3, -0.25) is 19.2 Å². The van der Waals surface area contributed by atoms with Crippen LogP contribution in [0.1, 0.15) is 42.6 Å². The second-order valence-electron chi connectivity index (χ2n) is 8.93. The van der Waals surface area contributed by atoms with E-state index in [2.05, 4.69) is 10.6 Å². The number of carbonyl (C=O) groups is 4. The van der Waals surface area contributed by atoms with E-state index in [4.69, 9.17) is 0 Å². The lowest BCUT2D eigenvalue weighted by Crippen LogP contribution is -2.53. The number of nitrogens with one attached hydrogen (secondary N) is 2. The number of rotatable bonds is 3. The highest BCUT2D eigenvalue weighted by Gasteiger charge is 2.52. The van der Waals surface area contributed by atoms with Gasteiger partial charge in [-0.15, -0.1) is 0 Å². The lowest BCUT2D eigenvalue weighted by Gasteiger charge is -2.29. The van der Waals surface area contributed by atoms with E-state index >= 15 is 0 Å². The maximum Gasteiger partial charge on any atom is 0.271 e. The first-order valence-corrected chi connectivity index (χ1v) is 10.8. The molecule has 0 bridgehead atoms. The fraction of sp³-hybridized carbons (Fsp3) is 0.619. The summed E-state index contributed by atoms with van der Waals surface area (Å²) >= 11 is 0. The predicted octanol–water partition coefficient (Wildman–Crippen LogP) is -0.376. The van der Waals surface area contributed by atoms with Gasteiger partial charge in [0.15, 0.2) is 0 Å². The lowest BCUT2D eigenvalue weighted by molar-refractivity contribution is -0.138. The Morgan fingerprint density at radius 1 is 1.20 bits per heavy atom. The van der Waals surface area contributed by atoms with Crippen LogP contribution in [-0.4, -0.2) is 75.3 Å². The molecule has 0 unspecified atom stereocenters. The van der Waals surface area contributed by atoms with Crippen molar-refractivity contribution in [3.63, 3.8) is 0 Å². The Balaban J connectivity index is 1.35. The molecule has 3 saturated heterocycles. The number of nitrogens with zero attached hydrogens (tertiary/aromatic N) is 3. The highest BCUT2D eigenvalue weighted by molar-refractivity contribution is 6.00. The molecule has 1 aromatic heterocycles. The van der Waals surface area contributed by atoms with Crippen LogP contribution < -0.4 is 10.6 Å². The molecule has 1 saturated carbocycles. The van der Waals surface area contributed by atoms with E-state index in [1.54, 1.807) is 39.7 Å².